The maximum Gasteiger partial charge on any atom is 0.219 e. The minimum absolute atomic E-state index is 0.188. The highest BCUT2D eigenvalue weighted by molar-refractivity contribution is 5.81. The van der Waals surface area contributed by atoms with Gasteiger partial charge in [-0.25, -0.2) is 0 Å². The van der Waals surface area contributed by atoms with Gasteiger partial charge < -0.3 is 20.3 Å². The molecule has 1 amide bonds. The predicted octanol–water partition coefficient (Wildman–Crippen LogP) is 1.51. The van der Waals surface area contributed by atoms with Crippen molar-refractivity contribution in [1.82, 2.24) is 15.5 Å². The molecule has 6 heteroatoms. The fourth-order valence-corrected chi connectivity index (χ4v) is 5.43. The zero-order chi connectivity index (χ0) is 17.4. The van der Waals surface area contributed by atoms with Crippen LogP contribution in [0.3, 0.4) is 0 Å². The summed E-state index contributed by atoms with van der Waals surface area (Å²) >= 11 is 0. The highest BCUT2D eigenvalue weighted by atomic mass is 16.5. The smallest absolute Gasteiger partial charge is 0.219 e. The lowest BCUT2D eigenvalue weighted by atomic mass is 9.46. The molecule has 2 N–H and O–H groups in total. The Labute approximate surface area is 150 Å². The molecule has 0 aromatic carbocycles. The molecule has 0 aromatic heterocycles. The van der Waals surface area contributed by atoms with Crippen LogP contribution >= 0.6 is 0 Å². The van der Waals surface area contributed by atoms with Gasteiger partial charge >= 0.3 is 0 Å². The number of likely N-dealkylation sites (tertiary alicyclic amines) is 1. The summed E-state index contributed by atoms with van der Waals surface area (Å²) in [6.45, 7) is 7.14. The maximum absolute atomic E-state index is 11.5. The number of nitrogens with one attached hydrogen (secondary N) is 2. The highest BCUT2D eigenvalue weighted by Gasteiger charge is 2.66. The van der Waals surface area contributed by atoms with E-state index in [9.17, 15) is 4.79 Å². The first kappa shape index (κ1) is 17.1. The van der Waals surface area contributed by atoms with Crippen LogP contribution in [0.1, 0.15) is 52.4 Å². The van der Waals surface area contributed by atoms with Gasteiger partial charge in [-0.15, -0.1) is 0 Å². The van der Waals surface area contributed by atoms with Crippen molar-refractivity contribution in [2.45, 2.75) is 70.6 Å². The van der Waals surface area contributed by atoms with Gasteiger partial charge in [0.2, 0.25) is 5.91 Å². The van der Waals surface area contributed by atoms with Crippen molar-refractivity contribution in [2.24, 2.45) is 16.3 Å². The Morgan fingerprint density at radius 2 is 2.00 bits per heavy atom. The summed E-state index contributed by atoms with van der Waals surface area (Å²) in [5.74, 6) is 1.81. The maximum atomic E-state index is 11.5. The van der Waals surface area contributed by atoms with Crippen LogP contribution in [0.5, 0.6) is 0 Å². The molecule has 1 spiro atoms. The second-order valence-corrected chi connectivity index (χ2v) is 8.20. The largest absolute Gasteiger partial charge is 0.377 e. The van der Waals surface area contributed by atoms with Gasteiger partial charge in [-0.3, -0.25) is 9.79 Å². The molecule has 2 saturated carbocycles. The summed E-state index contributed by atoms with van der Waals surface area (Å²) in [4.78, 5) is 18.1. The number of hydrogen-bond donors (Lipinski definition) is 2. The Morgan fingerprint density at radius 1 is 1.24 bits per heavy atom. The monoisotopic (exact) mass is 348 g/mol. The molecule has 2 aliphatic carbocycles. The van der Waals surface area contributed by atoms with E-state index < -0.39 is 0 Å². The number of amides is 1. The number of guanidine groups is 1. The molecule has 25 heavy (non-hydrogen) atoms. The Bertz CT molecular complexity index is 538. The van der Waals surface area contributed by atoms with Crippen molar-refractivity contribution < 1.29 is 9.53 Å². The van der Waals surface area contributed by atoms with Crippen LogP contribution in [0.2, 0.25) is 0 Å². The van der Waals surface area contributed by atoms with Gasteiger partial charge in [0, 0.05) is 56.6 Å². The summed E-state index contributed by atoms with van der Waals surface area (Å²) in [5.41, 5.74) is 0.370. The average molecular weight is 348 g/mol. The summed E-state index contributed by atoms with van der Waals surface area (Å²) < 4.78 is 6.03. The van der Waals surface area contributed by atoms with Crippen molar-refractivity contribution in [3.8, 4) is 0 Å². The first-order valence-electron chi connectivity index (χ1n) is 10.1. The van der Waals surface area contributed by atoms with E-state index in [1.165, 1.54) is 25.7 Å². The van der Waals surface area contributed by atoms with Crippen molar-refractivity contribution >= 4 is 11.9 Å². The first-order chi connectivity index (χ1) is 12.1. The number of fused-ring (bicyclic) bond motifs is 2. The van der Waals surface area contributed by atoms with Crippen LogP contribution in [0.25, 0.3) is 0 Å². The molecule has 4 fully saturated rings. The fourth-order valence-electron chi connectivity index (χ4n) is 5.43. The molecule has 4 aliphatic rings. The lowest BCUT2D eigenvalue weighted by molar-refractivity contribution is -0.171. The van der Waals surface area contributed by atoms with E-state index in [-0.39, 0.29) is 5.91 Å². The molecular weight excluding hydrogens is 316 g/mol. The molecule has 4 rings (SSSR count). The van der Waals surface area contributed by atoms with Gasteiger partial charge in [-0.2, -0.15) is 0 Å². The summed E-state index contributed by atoms with van der Waals surface area (Å²) in [6.07, 6.45) is 7.58. The van der Waals surface area contributed by atoms with E-state index >= 15 is 0 Å². The standard InChI is InChI=1S/C19H32N4O2/c1-3-20-18(21-14-5-10-23(11-6-14)13(2)24)22-16-15-7-12-25-17(15)19(16)8-4-9-19/h14-17H,3-12H2,1-2H3,(H2,20,21,22). The highest BCUT2D eigenvalue weighted by Crippen LogP contribution is 2.62. The van der Waals surface area contributed by atoms with Gasteiger partial charge in [0.1, 0.15) is 0 Å². The van der Waals surface area contributed by atoms with Crippen LogP contribution in [-0.4, -0.2) is 61.2 Å². The number of hydrogen-bond acceptors (Lipinski definition) is 3. The lowest BCUT2D eigenvalue weighted by Crippen LogP contribution is -2.72. The third kappa shape index (κ3) is 2.92. The van der Waals surface area contributed by atoms with E-state index in [1.807, 2.05) is 4.90 Å². The minimum Gasteiger partial charge on any atom is -0.377 e. The Hall–Kier alpha value is -1.30. The number of carbonyl (C=O) groups is 1. The molecule has 3 unspecified atom stereocenters. The zero-order valence-corrected chi connectivity index (χ0v) is 15.6. The molecule has 2 saturated heterocycles. The number of nitrogens with zero attached hydrogens (tertiary/aromatic N) is 2. The number of piperidine rings is 1. The first-order valence-corrected chi connectivity index (χ1v) is 10.1. The molecule has 140 valence electrons. The molecule has 3 atom stereocenters. The second-order valence-electron chi connectivity index (χ2n) is 8.20. The SMILES string of the molecule is CCN=C(NC1CCN(C(C)=O)CC1)NC1C2CCOC2C12CCC2. The topological polar surface area (TPSA) is 66.0 Å². The third-order valence-electron chi connectivity index (χ3n) is 6.93. The second kappa shape index (κ2) is 6.78. The van der Waals surface area contributed by atoms with Crippen LogP contribution in [0, 0.1) is 11.3 Å². The lowest BCUT2D eigenvalue weighted by Gasteiger charge is -2.63. The van der Waals surface area contributed by atoms with Crippen molar-refractivity contribution in [2.75, 3.05) is 26.2 Å². The third-order valence-corrected chi connectivity index (χ3v) is 6.93. The average Bonchev–Trinajstić information content (AvgIpc) is 2.97. The summed E-state index contributed by atoms with van der Waals surface area (Å²) in [6, 6.07) is 0.922. The number of rotatable bonds is 3. The van der Waals surface area contributed by atoms with Crippen molar-refractivity contribution in [3.63, 3.8) is 0 Å². The molecule has 2 aliphatic heterocycles. The van der Waals surface area contributed by atoms with Gasteiger partial charge in [-0.05, 0) is 39.0 Å². The summed E-state index contributed by atoms with van der Waals surface area (Å²) in [7, 11) is 0. The van der Waals surface area contributed by atoms with Crippen molar-refractivity contribution in [3.05, 3.63) is 0 Å². The van der Waals surface area contributed by atoms with E-state index in [2.05, 4.69) is 17.6 Å². The molecule has 2 heterocycles. The molecule has 0 aromatic rings. The van der Waals surface area contributed by atoms with Crippen LogP contribution in [-0.2, 0) is 9.53 Å². The fraction of sp³-hybridized carbons (Fsp3) is 0.895. The quantitative estimate of drug-likeness (QED) is 0.599. The van der Waals surface area contributed by atoms with E-state index in [4.69, 9.17) is 9.73 Å². The molecule has 6 nitrogen and oxygen atoms in total. The van der Waals surface area contributed by atoms with Gasteiger partial charge in [0.25, 0.3) is 0 Å². The Morgan fingerprint density at radius 3 is 2.60 bits per heavy atom. The molecule has 0 bridgehead atoms. The molecular formula is C19H32N4O2. The number of aliphatic imine (C=N–C) groups is 1. The zero-order valence-electron chi connectivity index (χ0n) is 15.6. The van der Waals surface area contributed by atoms with Gasteiger partial charge in [0.05, 0.1) is 6.10 Å². The Balaban J connectivity index is 1.36. The van der Waals surface area contributed by atoms with Crippen LogP contribution in [0.15, 0.2) is 4.99 Å². The van der Waals surface area contributed by atoms with Crippen molar-refractivity contribution in [1.29, 1.82) is 0 Å². The number of carbonyl (C=O) groups excluding carboxylic acids is 1. The predicted molar refractivity (Wildman–Crippen MR) is 97.4 cm³/mol. The summed E-state index contributed by atoms with van der Waals surface area (Å²) in [5, 5.41) is 7.42. The van der Waals surface area contributed by atoms with E-state index in [1.54, 1.807) is 6.92 Å². The van der Waals surface area contributed by atoms with E-state index in [0.717, 1.165) is 45.0 Å². The Kier molecular flexibility index (Phi) is 4.65. The van der Waals surface area contributed by atoms with Crippen LogP contribution < -0.4 is 10.6 Å². The molecule has 0 radical (unpaired) electrons. The van der Waals surface area contributed by atoms with Gasteiger partial charge in [-0.1, -0.05) is 6.42 Å². The minimum atomic E-state index is 0.188. The number of ether oxygens (including phenoxy) is 1. The van der Waals surface area contributed by atoms with Gasteiger partial charge in [0.15, 0.2) is 5.96 Å². The normalized spacial score (nSPS) is 34.2. The van der Waals surface area contributed by atoms with E-state index in [0.29, 0.717) is 29.5 Å². The van der Waals surface area contributed by atoms with Crippen LogP contribution in [0.4, 0.5) is 0 Å².